The van der Waals surface area contributed by atoms with Crippen molar-refractivity contribution in [3.63, 3.8) is 0 Å². The second-order valence-electron chi connectivity index (χ2n) is 1.74. The average molecular weight is 178 g/mol. The summed E-state index contributed by atoms with van der Waals surface area (Å²) in [5.74, 6) is 0. The Hall–Kier alpha value is -0.410. The van der Waals surface area contributed by atoms with E-state index >= 15 is 0 Å². The molecule has 11 heavy (non-hydrogen) atoms. The summed E-state index contributed by atoms with van der Waals surface area (Å²) in [5, 5.41) is 0. The van der Waals surface area contributed by atoms with Crippen molar-refractivity contribution in [2.75, 3.05) is 6.61 Å². The van der Waals surface area contributed by atoms with E-state index in [0.29, 0.717) is 0 Å². The van der Waals surface area contributed by atoms with Gasteiger partial charge in [-0.05, 0) is 6.92 Å². The van der Waals surface area contributed by atoms with E-state index in [4.69, 9.17) is 9.79 Å². The maximum atomic E-state index is 10.1. The van der Waals surface area contributed by atoms with Gasteiger partial charge in [0, 0.05) is 0 Å². The predicted octanol–water partition coefficient (Wildman–Crippen LogP) is 1.23. The molecule has 0 fully saturated rings. The summed E-state index contributed by atoms with van der Waals surface area (Å²) in [5.41, 5.74) is 0. The van der Waals surface area contributed by atoms with E-state index in [2.05, 4.69) is 4.52 Å². The molecule has 0 aliphatic carbocycles. The van der Waals surface area contributed by atoms with Crippen molar-refractivity contribution < 1.29 is 18.9 Å². The van der Waals surface area contributed by atoms with Crippen LogP contribution in [-0.2, 0) is 9.09 Å². The lowest BCUT2D eigenvalue weighted by Gasteiger charge is -1.99. The lowest BCUT2D eigenvalue weighted by Crippen LogP contribution is -1.86. The van der Waals surface area contributed by atoms with Crippen LogP contribution >= 0.6 is 7.82 Å². The molecular weight excluding hydrogens is 167 g/mol. The van der Waals surface area contributed by atoms with Gasteiger partial charge < -0.3 is 9.79 Å². The Kier molecular flexibility index (Phi) is 5.07. The van der Waals surface area contributed by atoms with Crippen molar-refractivity contribution >= 4 is 7.82 Å². The van der Waals surface area contributed by atoms with Gasteiger partial charge in [0.1, 0.15) is 0 Å². The van der Waals surface area contributed by atoms with Crippen molar-refractivity contribution in [1.82, 2.24) is 0 Å². The van der Waals surface area contributed by atoms with Crippen LogP contribution in [0.2, 0.25) is 0 Å². The normalized spacial score (nSPS) is 13.4. The van der Waals surface area contributed by atoms with E-state index in [1.54, 1.807) is 18.2 Å². The summed E-state index contributed by atoms with van der Waals surface area (Å²) in [6.07, 6.45) is 6.70. The number of hydrogen-bond donors (Lipinski definition) is 2. The molecule has 0 atom stereocenters. The second kappa shape index (κ2) is 5.27. The molecule has 0 radical (unpaired) electrons. The van der Waals surface area contributed by atoms with E-state index in [1.165, 1.54) is 6.08 Å². The molecule has 0 aliphatic rings. The minimum atomic E-state index is -4.29. The molecule has 4 nitrogen and oxygen atoms in total. The fourth-order valence-electron chi connectivity index (χ4n) is 0.385. The average Bonchev–Trinajstić information content (AvgIpc) is 1.85. The number of allylic oxidation sites excluding steroid dienone is 3. The van der Waals surface area contributed by atoms with E-state index in [-0.39, 0.29) is 6.61 Å². The number of phosphoric acid groups is 1. The first-order chi connectivity index (χ1) is 5.06. The Bertz CT molecular complexity index is 191. The third kappa shape index (κ3) is 9.59. The van der Waals surface area contributed by atoms with Gasteiger partial charge in [0.25, 0.3) is 0 Å². The number of hydrogen-bond acceptors (Lipinski definition) is 2. The minimum Gasteiger partial charge on any atom is -0.303 e. The summed E-state index contributed by atoms with van der Waals surface area (Å²) in [4.78, 5) is 16.4. The Labute approximate surface area is 65.4 Å². The molecule has 5 heteroatoms. The third-order valence-electron chi connectivity index (χ3n) is 0.779. The van der Waals surface area contributed by atoms with Crippen LogP contribution in [0.3, 0.4) is 0 Å². The fourth-order valence-corrected chi connectivity index (χ4v) is 0.666. The van der Waals surface area contributed by atoms with Gasteiger partial charge in [-0.3, -0.25) is 4.52 Å². The first kappa shape index (κ1) is 10.6. The van der Waals surface area contributed by atoms with E-state index in [1.807, 2.05) is 6.92 Å². The molecular formula is C6H11O4P. The largest absolute Gasteiger partial charge is 0.469 e. The van der Waals surface area contributed by atoms with Gasteiger partial charge >= 0.3 is 7.82 Å². The minimum absolute atomic E-state index is 0.0748. The van der Waals surface area contributed by atoms with Gasteiger partial charge in [-0.1, -0.05) is 24.3 Å². The fraction of sp³-hybridized carbons (Fsp3) is 0.333. The highest BCUT2D eigenvalue weighted by atomic mass is 31.2. The molecule has 0 spiro atoms. The number of rotatable bonds is 4. The van der Waals surface area contributed by atoms with Gasteiger partial charge in [0.2, 0.25) is 0 Å². The van der Waals surface area contributed by atoms with Crippen LogP contribution < -0.4 is 0 Å². The lowest BCUT2D eigenvalue weighted by molar-refractivity contribution is 0.215. The Morgan fingerprint density at radius 3 is 2.55 bits per heavy atom. The highest BCUT2D eigenvalue weighted by molar-refractivity contribution is 7.46. The zero-order valence-corrected chi connectivity index (χ0v) is 7.07. The third-order valence-corrected chi connectivity index (χ3v) is 1.26. The molecule has 2 N–H and O–H groups in total. The molecule has 0 aromatic carbocycles. The maximum absolute atomic E-state index is 10.1. The van der Waals surface area contributed by atoms with Gasteiger partial charge in [0.05, 0.1) is 6.61 Å². The summed E-state index contributed by atoms with van der Waals surface area (Å²) in [6, 6.07) is 0. The van der Waals surface area contributed by atoms with Crippen LogP contribution in [0.15, 0.2) is 24.3 Å². The predicted molar refractivity (Wildman–Crippen MR) is 42.0 cm³/mol. The van der Waals surface area contributed by atoms with Gasteiger partial charge in [-0.2, -0.15) is 0 Å². The molecule has 0 saturated carbocycles. The van der Waals surface area contributed by atoms with Gasteiger partial charge in [0.15, 0.2) is 0 Å². The first-order valence-corrected chi connectivity index (χ1v) is 4.57. The molecule has 0 heterocycles. The quantitative estimate of drug-likeness (QED) is 0.501. The van der Waals surface area contributed by atoms with Gasteiger partial charge in [-0.25, -0.2) is 4.57 Å². The molecule has 0 bridgehead atoms. The van der Waals surface area contributed by atoms with Gasteiger partial charge in [-0.15, -0.1) is 0 Å². The smallest absolute Gasteiger partial charge is 0.303 e. The van der Waals surface area contributed by atoms with E-state index in [9.17, 15) is 4.57 Å². The summed E-state index contributed by atoms with van der Waals surface area (Å²) < 4.78 is 14.2. The highest BCUT2D eigenvalue weighted by Gasteiger charge is 2.10. The molecule has 0 amide bonds. The second-order valence-corrected chi connectivity index (χ2v) is 2.98. The van der Waals surface area contributed by atoms with Crippen molar-refractivity contribution in [2.24, 2.45) is 0 Å². The van der Waals surface area contributed by atoms with Crippen LogP contribution in [0, 0.1) is 0 Å². The first-order valence-electron chi connectivity index (χ1n) is 3.04. The van der Waals surface area contributed by atoms with Crippen LogP contribution in [-0.4, -0.2) is 16.4 Å². The lowest BCUT2D eigenvalue weighted by atomic mass is 10.4. The molecule has 0 unspecified atom stereocenters. The molecule has 64 valence electrons. The van der Waals surface area contributed by atoms with Crippen LogP contribution in [0.5, 0.6) is 0 Å². The zero-order chi connectivity index (χ0) is 8.74. The molecule has 0 aliphatic heterocycles. The standard InChI is InChI=1S/C6H11O4P/c1-2-3-4-5-6-10-11(7,8)9/h2-5H,6H2,1H3,(H2,7,8,9). The van der Waals surface area contributed by atoms with Crippen LogP contribution in [0.1, 0.15) is 6.92 Å². The Morgan fingerprint density at radius 1 is 1.45 bits per heavy atom. The van der Waals surface area contributed by atoms with Crippen molar-refractivity contribution in [1.29, 1.82) is 0 Å². The van der Waals surface area contributed by atoms with Crippen molar-refractivity contribution in [3.8, 4) is 0 Å². The molecule has 0 aromatic rings. The molecule has 0 saturated heterocycles. The SMILES string of the molecule is CC=CC=CCOP(=O)(O)O. The molecule has 0 aromatic heterocycles. The van der Waals surface area contributed by atoms with Crippen LogP contribution in [0.25, 0.3) is 0 Å². The zero-order valence-electron chi connectivity index (χ0n) is 6.17. The Balaban J connectivity index is 3.50. The van der Waals surface area contributed by atoms with Crippen LogP contribution in [0.4, 0.5) is 0 Å². The maximum Gasteiger partial charge on any atom is 0.469 e. The topological polar surface area (TPSA) is 66.8 Å². The highest BCUT2D eigenvalue weighted by Crippen LogP contribution is 2.35. The molecule has 0 rings (SSSR count). The summed E-state index contributed by atoms with van der Waals surface area (Å²) >= 11 is 0. The van der Waals surface area contributed by atoms with E-state index in [0.717, 1.165) is 0 Å². The van der Waals surface area contributed by atoms with Crippen molar-refractivity contribution in [3.05, 3.63) is 24.3 Å². The number of phosphoric ester groups is 1. The summed E-state index contributed by atoms with van der Waals surface area (Å²) in [6.45, 7) is 1.77. The van der Waals surface area contributed by atoms with Crippen molar-refractivity contribution in [2.45, 2.75) is 6.92 Å². The monoisotopic (exact) mass is 178 g/mol. The summed E-state index contributed by atoms with van der Waals surface area (Å²) in [7, 11) is -4.29. The Morgan fingerprint density at radius 2 is 2.09 bits per heavy atom. The van der Waals surface area contributed by atoms with E-state index < -0.39 is 7.82 Å².